The molecule has 0 aliphatic carbocycles. The van der Waals surface area contributed by atoms with E-state index in [0.29, 0.717) is 0 Å². The van der Waals surface area contributed by atoms with E-state index in [1.54, 1.807) is 0 Å². The molecule has 0 spiro atoms. The van der Waals surface area contributed by atoms with Crippen LogP contribution in [0.3, 0.4) is 0 Å². The highest BCUT2D eigenvalue weighted by molar-refractivity contribution is 7.25. The summed E-state index contributed by atoms with van der Waals surface area (Å²) in [4.78, 5) is 2.40. The summed E-state index contributed by atoms with van der Waals surface area (Å²) in [5.74, 6) is 0. The van der Waals surface area contributed by atoms with Crippen LogP contribution >= 0.6 is 11.3 Å². The van der Waals surface area contributed by atoms with E-state index in [1.165, 1.54) is 64.0 Å². The number of hydrogen-bond acceptors (Lipinski definition) is 2. The van der Waals surface area contributed by atoms with Crippen molar-refractivity contribution in [3.05, 3.63) is 176 Å². The molecule has 216 valence electrons. The summed E-state index contributed by atoms with van der Waals surface area (Å²) in [6.45, 7) is 0. The molecule has 0 N–H and O–H groups in total. The van der Waals surface area contributed by atoms with Crippen LogP contribution in [-0.4, -0.2) is 0 Å². The fourth-order valence-electron chi connectivity index (χ4n) is 6.73. The molecule has 9 rings (SSSR count). The van der Waals surface area contributed by atoms with Crippen molar-refractivity contribution in [2.24, 2.45) is 0 Å². The van der Waals surface area contributed by atoms with Gasteiger partial charge in [0.2, 0.25) is 0 Å². The minimum absolute atomic E-state index is 1.12. The summed E-state index contributed by atoms with van der Waals surface area (Å²) in [6.07, 6.45) is 0. The zero-order chi connectivity index (χ0) is 30.5. The molecule has 0 aliphatic rings. The summed E-state index contributed by atoms with van der Waals surface area (Å²) in [7, 11) is 0. The van der Waals surface area contributed by atoms with Crippen LogP contribution in [0.5, 0.6) is 0 Å². The molecule has 0 fully saturated rings. The fourth-order valence-corrected chi connectivity index (χ4v) is 7.82. The van der Waals surface area contributed by atoms with Crippen molar-refractivity contribution >= 4 is 70.1 Å². The molecule has 1 nitrogen and oxygen atoms in total. The maximum absolute atomic E-state index is 2.40. The van der Waals surface area contributed by atoms with Gasteiger partial charge in [-0.15, -0.1) is 11.3 Å². The lowest BCUT2D eigenvalue weighted by molar-refractivity contribution is 1.30. The minimum atomic E-state index is 1.12. The van der Waals surface area contributed by atoms with Crippen molar-refractivity contribution in [1.82, 2.24) is 0 Å². The number of nitrogens with zero attached hydrogens (tertiary/aromatic N) is 1. The Bertz CT molecular complexity index is 2530. The first kappa shape index (κ1) is 26.7. The second kappa shape index (κ2) is 11.0. The van der Waals surface area contributed by atoms with E-state index >= 15 is 0 Å². The fraction of sp³-hybridized carbons (Fsp3) is 0. The standard InChI is InChI=1S/C44H29NS/c1-2-11-33-27-35(20-19-30(33)9-1)31-21-24-37(25-22-31)45(42-17-8-12-32-10-3-4-15-39(32)42)38-14-7-13-34(28-38)36-23-26-44-41(29-36)40-16-5-6-18-43(40)46-44/h1-29H. The Labute approximate surface area is 272 Å². The Kier molecular flexibility index (Phi) is 6.40. The van der Waals surface area contributed by atoms with Gasteiger partial charge in [0.1, 0.15) is 0 Å². The predicted octanol–water partition coefficient (Wildman–Crippen LogP) is 13.2. The van der Waals surface area contributed by atoms with E-state index in [0.717, 1.165) is 17.1 Å². The quantitative estimate of drug-likeness (QED) is 0.189. The summed E-state index contributed by atoms with van der Waals surface area (Å²) in [5.41, 5.74) is 8.26. The van der Waals surface area contributed by atoms with Gasteiger partial charge >= 0.3 is 0 Å². The van der Waals surface area contributed by atoms with Crippen LogP contribution in [0.1, 0.15) is 0 Å². The van der Waals surface area contributed by atoms with E-state index < -0.39 is 0 Å². The molecule has 8 aromatic carbocycles. The highest BCUT2D eigenvalue weighted by Gasteiger charge is 2.17. The highest BCUT2D eigenvalue weighted by Crippen LogP contribution is 2.42. The third-order valence-electron chi connectivity index (χ3n) is 9.03. The molecule has 0 saturated heterocycles. The molecule has 46 heavy (non-hydrogen) atoms. The van der Waals surface area contributed by atoms with Crippen LogP contribution in [0.15, 0.2) is 176 Å². The number of rotatable bonds is 5. The Morgan fingerprint density at radius 3 is 1.85 bits per heavy atom. The maximum atomic E-state index is 2.40. The first-order valence-corrected chi connectivity index (χ1v) is 16.5. The van der Waals surface area contributed by atoms with E-state index in [1.807, 2.05) is 11.3 Å². The smallest absolute Gasteiger partial charge is 0.0540 e. The highest BCUT2D eigenvalue weighted by atomic mass is 32.1. The molecule has 0 atom stereocenters. The number of thiophene rings is 1. The lowest BCUT2D eigenvalue weighted by Gasteiger charge is -2.27. The lowest BCUT2D eigenvalue weighted by atomic mass is 10.00. The zero-order valence-electron chi connectivity index (χ0n) is 25.1. The molecule has 0 unspecified atom stereocenters. The largest absolute Gasteiger partial charge is 0.310 e. The number of benzene rings is 8. The number of fused-ring (bicyclic) bond motifs is 5. The molecule has 0 radical (unpaired) electrons. The monoisotopic (exact) mass is 603 g/mol. The molecule has 1 heterocycles. The molecular weight excluding hydrogens is 575 g/mol. The topological polar surface area (TPSA) is 3.24 Å². The normalized spacial score (nSPS) is 11.5. The van der Waals surface area contributed by atoms with Crippen LogP contribution in [0.4, 0.5) is 17.1 Å². The maximum Gasteiger partial charge on any atom is 0.0540 e. The van der Waals surface area contributed by atoms with E-state index in [9.17, 15) is 0 Å². The van der Waals surface area contributed by atoms with Crippen LogP contribution in [0.25, 0.3) is 64.0 Å². The zero-order valence-corrected chi connectivity index (χ0v) is 25.9. The molecule has 9 aromatic rings. The molecule has 1 aromatic heterocycles. The number of hydrogen-bond donors (Lipinski definition) is 0. The van der Waals surface area contributed by atoms with Crippen LogP contribution < -0.4 is 4.90 Å². The van der Waals surface area contributed by atoms with Crippen molar-refractivity contribution in [3.8, 4) is 22.3 Å². The first-order valence-electron chi connectivity index (χ1n) is 15.7. The Balaban J connectivity index is 1.17. The van der Waals surface area contributed by atoms with Gasteiger partial charge in [-0.05, 0) is 93.0 Å². The average Bonchev–Trinajstić information content (AvgIpc) is 3.50. The summed E-state index contributed by atoms with van der Waals surface area (Å²) < 4.78 is 2.66. The van der Waals surface area contributed by atoms with E-state index in [4.69, 9.17) is 0 Å². The third kappa shape index (κ3) is 4.63. The Morgan fingerprint density at radius 2 is 0.957 bits per heavy atom. The van der Waals surface area contributed by atoms with Crippen LogP contribution in [0.2, 0.25) is 0 Å². The lowest BCUT2D eigenvalue weighted by Crippen LogP contribution is -2.10. The summed E-state index contributed by atoms with van der Waals surface area (Å²) >= 11 is 1.86. The molecule has 0 saturated carbocycles. The predicted molar refractivity (Wildman–Crippen MR) is 200 cm³/mol. The van der Waals surface area contributed by atoms with Crippen molar-refractivity contribution in [1.29, 1.82) is 0 Å². The van der Waals surface area contributed by atoms with E-state index in [-0.39, 0.29) is 0 Å². The average molecular weight is 604 g/mol. The van der Waals surface area contributed by atoms with Crippen LogP contribution in [-0.2, 0) is 0 Å². The molecular formula is C44H29NS. The molecule has 2 heteroatoms. The van der Waals surface area contributed by atoms with Gasteiger partial charge in [-0.1, -0.05) is 121 Å². The third-order valence-corrected chi connectivity index (χ3v) is 10.2. The van der Waals surface area contributed by atoms with Crippen molar-refractivity contribution in [3.63, 3.8) is 0 Å². The number of anilines is 3. The Hall–Kier alpha value is -5.70. The van der Waals surface area contributed by atoms with E-state index in [2.05, 4.69) is 181 Å². The van der Waals surface area contributed by atoms with Crippen molar-refractivity contribution in [2.45, 2.75) is 0 Å². The van der Waals surface area contributed by atoms with Gasteiger partial charge in [0.25, 0.3) is 0 Å². The van der Waals surface area contributed by atoms with Gasteiger partial charge in [-0.2, -0.15) is 0 Å². The minimum Gasteiger partial charge on any atom is -0.310 e. The SMILES string of the molecule is c1cc(-c2ccc3sc4ccccc4c3c2)cc(N(c2ccc(-c3ccc4ccccc4c3)cc2)c2cccc3ccccc23)c1. The van der Waals surface area contributed by atoms with Crippen LogP contribution in [0, 0.1) is 0 Å². The first-order chi connectivity index (χ1) is 22.8. The molecule has 0 amide bonds. The van der Waals surface area contributed by atoms with Gasteiger partial charge in [0.05, 0.1) is 5.69 Å². The second-order valence-corrected chi connectivity index (χ2v) is 12.9. The van der Waals surface area contributed by atoms with Gasteiger partial charge < -0.3 is 4.90 Å². The van der Waals surface area contributed by atoms with Crippen molar-refractivity contribution in [2.75, 3.05) is 4.90 Å². The Morgan fingerprint density at radius 1 is 0.326 bits per heavy atom. The summed E-state index contributed by atoms with van der Waals surface area (Å²) in [6, 6.07) is 64.0. The van der Waals surface area contributed by atoms with Gasteiger partial charge in [-0.3, -0.25) is 0 Å². The second-order valence-electron chi connectivity index (χ2n) is 11.8. The molecule has 0 bridgehead atoms. The van der Waals surface area contributed by atoms with Gasteiger partial charge in [0.15, 0.2) is 0 Å². The van der Waals surface area contributed by atoms with Gasteiger partial charge in [0, 0.05) is 36.9 Å². The molecule has 0 aliphatic heterocycles. The van der Waals surface area contributed by atoms with Crippen molar-refractivity contribution < 1.29 is 0 Å². The van der Waals surface area contributed by atoms with Gasteiger partial charge in [-0.25, -0.2) is 0 Å². The summed E-state index contributed by atoms with van der Waals surface area (Å²) in [5, 5.41) is 7.61.